The van der Waals surface area contributed by atoms with Crippen molar-refractivity contribution in [3.05, 3.63) is 23.8 Å². The van der Waals surface area contributed by atoms with E-state index in [0.717, 1.165) is 5.56 Å². The van der Waals surface area contributed by atoms with Gasteiger partial charge in [-0.15, -0.1) is 0 Å². The number of nitrogens with one attached hydrogen (secondary N) is 1. The molecule has 0 spiro atoms. The lowest BCUT2D eigenvalue weighted by molar-refractivity contribution is -0.137. The molecule has 0 aromatic heterocycles. The molecule has 4 nitrogen and oxygen atoms in total. The molecule has 1 rings (SSSR count). The molecule has 1 aromatic rings. The van der Waals surface area contributed by atoms with Gasteiger partial charge in [0.05, 0.1) is 11.6 Å². The van der Waals surface area contributed by atoms with Gasteiger partial charge in [-0.1, -0.05) is 54.5 Å². The summed E-state index contributed by atoms with van der Waals surface area (Å²) in [5.74, 6) is -0.403. The van der Waals surface area contributed by atoms with E-state index < -0.39 is 0 Å². The van der Waals surface area contributed by atoms with Crippen LogP contribution in [0.1, 0.15) is 54.0 Å². The van der Waals surface area contributed by atoms with Crippen LogP contribution in [-0.4, -0.2) is 11.9 Å². The molecule has 22 heavy (non-hydrogen) atoms. The van der Waals surface area contributed by atoms with Crippen molar-refractivity contribution in [2.45, 2.75) is 53.9 Å². The maximum atomic E-state index is 12.0. The van der Waals surface area contributed by atoms with Gasteiger partial charge in [0.15, 0.2) is 5.75 Å². The number of ether oxygens (including phenoxy) is 1. The minimum Gasteiger partial charge on any atom is -0.424 e. The lowest BCUT2D eigenvalue weighted by Gasteiger charge is -2.22. The Morgan fingerprint density at radius 3 is 2.09 bits per heavy atom. The molecule has 0 fully saturated rings. The van der Waals surface area contributed by atoms with E-state index in [0.29, 0.717) is 11.4 Å². The van der Waals surface area contributed by atoms with Crippen molar-refractivity contribution in [1.29, 1.82) is 0 Å². The highest BCUT2D eigenvalue weighted by molar-refractivity contribution is 5.94. The first kappa shape index (κ1) is 18.2. The molecule has 1 aromatic carbocycles. The lowest BCUT2D eigenvalue weighted by atomic mass is 9.86. The van der Waals surface area contributed by atoms with Crippen molar-refractivity contribution in [3.63, 3.8) is 0 Å². The lowest BCUT2D eigenvalue weighted by Crippen LogP contribution is -2.21. The highest BCUT2D eigenvalue weighted by Crippen LogP contribution is 2.32. The highest BCUT2D eigenvalue weighted by Gasteiger charge is 2.20. The number of carbonyl (C=O) groups is 2. The average molecular weight is 305 g/mol. The minimum absolute atomic E-state index is 0.0576. The van der Waals surface area contributed by atoms with Gasteiger partial charge in [-0.25, -0.2) is 0 Å². The van der Waals surface area contributed by atoms with Crippen LogP contribution in [0.4, 0.5) is 5.69 Å². The van der Waals surface area contributed by atoms with E-state index >= 15 is 0 Å². The van der Waals surface area contributed by atoms with E-state index in [9.17, 15) is 9.59 Å². The van der Waals surface area contributed by atoms with Gasteiger partial charge in [0.25, 0.3) is 0 Å². The number of amides is 1. The van der Waals surface area contributed by atoms with Gasteiger partial charge in [-0.05, 0) is 23.1 Å². The van der Waals surface area contributed by atoms with E-state index in [4.69, 9.17) is 4.74 Å². The third-order valence-corrected chi connectivity index (χ3v) is 3.31. The number of anilines is 1. The molecule has 0 aliphatic rings. The highest BCUT2D eigenvalue weighted by atomic mass is 16.5. The standard InChI is InChI=1S/C18H27NO3/c1-11(2)16(20)19-14-10-13(18(5,6)7)8-9-15(14)22-17(21)12(3)4/h8-12H,1-7H3,(H,19,20). The van der Waals surface area contributed by atoms with Crippen LogP contribution in [0.3, 0.4) is 0 Å². The number of rotatable bonds is 4. The minimum atomic E-state index is -0.316. The van der Waals surface area contributed by atoms with Crippen molar-refractivity contribution in [2.75, 3.05) is 5.32 Å². The molecule has 0 saturated carbocycles. The predicted octanol–water partition coefficient (Wildman–Crippen LogP) is 4.14. The van der Waals surface area contributed by atoms with Gasteiger partial charge >= 0.3 is 5.97 Å². The Morgan fingerprint density at radius 2 is 1.64 bits per heavy atom. The van der Waals surface area contributed by atoms with Crippen LogP contribution in [0, 0.1) is 11.8 Å². The molecular formula is C18H27NO3. The van der Waals surface area contributed by atoms with Crippen molar-refractivity contribution >= 4 is 17.6 Å². The quantitative estimate of drug-likeness (QED) is 0.672. The number of esters is 1. The summed E-state index contributed by atoms with van der Waals surface area (Å²) >= 11 is 0. The molecule has 0 atom stereocenters. The number of carbonyl (C=O) groups excluding carboxylic acids is 2. The third-order valence-electron chi connectivity index (χ3n) is 3.31. The van der Waals surface area contributed by atoms with Crippen LogP contribution in [0.15, 0.2) is 18.2 Å². The molecule has 0 radical (unpaired) electrons. The fraction of sp³-hybridized carbons (Fsp3) is 0.556. The zero-order valence-corrected chi connectivity index (χ0v) is 14.6. The average Bonchev–Trinajstić information content (AvgIpc) is 2.38. The number of benzene rings is 1. The van der Waals surface area contributed by atoms with E-state index in [2.05, 4.69) is 26.1 Å². The van der Waals surface area contributed by atoms with Crippen LogP contribution in [0.25, 0.3) is 0 Å². The first-order chi connectivity index (χ1) is 10.0. The van der Waals surface area contributed by atoms with Crippen molar-refractivity contribution < 1.29 is 14.3 Å². The first-order valence-corrected chi connectivity index (χ1v) is 7.69. The molecular weight excluding hydrogens is 278 g/mol. The summed E-state index contributed by atoms with van der Waals surface area (Å²) in [6.07, 6.45) is 0. The van der Waals surface area contributed by atoms with Crippen LogP contribution in [0.5, 0.6) is 5.75 Å². The summed E-state index contributed by atoms with van der Waals surface area (Å²) in [4.78, 5) is 23.8. The van der Waals surface area contributed by atoms with E-state index in [1.165, 1.54) is 0 Å². The Bertz CT molecular complexity index is 554. The zero-order chi connectivity index (χ0) is 17.1. The fourth-order valence-electron chi connectivity index (χ4n) is 1.69. The van der Waals surface area contributed by atoms with Crippen LogP contribution in [-0.2, 0) is 15.0 Å². The molecule has 1 amide bonds. The van der Waals surface area contributed by atoms with E-state index in [1.807, 2.05) is 26.0 Å². The molecule has 1 N–H and O–H groups in total. The monoisotopic (exact) mass is 305 g/mol. The summed E-state index contributed by atoms with van der Waals surface area (Å²) in [5, 5.41) is 2.85. The fourth-order valence-corrected chi connectivity index (χ4v) is 1.69. The smallest absolute Gasteiger partial charge is 0.313 e. The molecule has 0 bridgehead atoms. The van der Waals surface area contributed by atoms with Gasteiger partial charge < -0.3 is 10.1 Å². The first-order valence-electron chi connectivity index (χ1n) is 7.69. The van der Waals surface area contributed by atoms with Crippen LogP contribution < -0.4 is 10.1 Å². The largest absolute Gasteiger partial charge is 0.424 e. The van der Waals surface area contributed by atoms with Gasteiger partial charge in [0, 0.05) is 5.92 Å². The number of hydrogen-bond donors (Lipinski definition) is 1. The number of hydrogen-bond acceptors (Lipinski definition) is 3. The van der Waals surface area contributed by atoms with Crippen molar-refractivity contribution in [3.8, 4) is 5.75 Å². The Hall–Kier alpha value is -1.84. The molecule has 0 unspecified atom stereocenters. The molecule has 122 valence electrons. The molecule has 0 saturated heterocycles. The summed E-state index contributed by atoms with van der Waals surface area (Å²) in [5.41, 5.74) is 1.55. The van der Waals surface area contributed by atoms with Crippen LogP contribution in [0.2, 0.25) is 0 Å². The third kappa shape index (κ3) is 4.86. The maximum absolute atomic E-state index is 12.0. The normalized spacial score (nSPS) is 11.7. The van der Waals surface area contributed by atoms with Crippen LogP contribution >= 0.6 is 0 Å². The topological polar surface area (TPSA) is 55.4 Å². The van der Waals surface area contributed by atoms with Gasteiger partial charge in [0.1, 0.15) is 0 Å². The second-order valence-electron chi connectivity index (χ2n) is 7.18. The SMILES string of the molecule is CC(C)C(=O)Nc1cc(C(C)(C)C)ccc1OC(=O)C(C)C. The van der Waals surface area contributed by atoms with E-state index in [1.54, 1.807) is 19.9 Å². The summed E-state index contributed by atoms with van der Waals surface area (Å²) < 4.78 is 5.40. The second-order valence-corrected chi connectivity index (χ2v) is 7.18. The summed E-state index contributed by atoms with van der Waals surface area (Å²) in [7, 11) is 0. The van der Waals surface area contributed by atoms with Gasteiger partial charge in [-0.3, -0.25) is 9.59 Å². The molecule has 4 heteroatoms. The second kappa shape index (κ2) is 6.95. The van der Waals surface area contributed by atoms with Gasteiger partial charge in [-0.2, -0.15) is 0 Å². The Kier molecular flexibility index (Phi) is 5.75. The van der Waals surface area contributed by atoms with Crippen molar-refractivity contribution in [1.82, 2.24) is 0 Å². The molecule has 0 aliphatic carbocycles. The molecule has 0 heterocycles. The summed E-state index contributed by atoms with van der Waals surface area (Å²) in [6.45, 7) is 13.5. The zero-order valence-electron chi connectivity index (χ0n) is 14.6. The van der Waals surface area contributed by atoms with E-state index in [-0.39, 0.29) is 29.1 Å². The van der Waals surface area contributed by atoms with Crippen molar-refractivity contribution in [2.24, 2.45) is 11.8 Å². The molecule has 0 aliphatic heterocycles. The Balaban J connectivity index is 3.19. The Morgan fingerprint density at radius 1 is 1.05 bits per heavy atom. The summed E-state index contributed by atoms with van der Waals surface area (Å²) in [6, 6.07) is 5.55. The predicted molar refractivity (Wildman–Crippen MR) is 89.1 cm³/mol. The van der Waals surface area contributed by atoms with Gasteiger partial charge in [0.2, 0.25) is 5.91 Å². The Labute approximate surface area is 133 Å². The maximum Gasteiger partial charge on any atom is 0.313 e.